The van der Waals surface area contributed by atoms with Crippen LogP contribution >= 0.6 is 12.2 Å². The van der Waals surface area contributed by atoms with Crippen LogP contribution in [0.3, 0.4) is 0 Å². The zero-order valence-electron chi connectivity index (χ0n) is 9.43. The minimum Gasteiger partial charge on any atom is -0.481 e. The number of rotatable bonds is 2. The zero-order valence-corrected chi connectivity index (χ0v) is 10.2. The molecular formula is C11H11N3O2S. The summed E-state index contributed by atoms with van der Waals surface area (Å²) in [6, 6.07) is 5.33. The Bertz CT molecular complexity index is 513. The summed E-state index contributed by atoms with van der Waals surface area (Å²) in [5, 5.41) is 3.22. The number of ether oxygens (including phenoxy) is 1. The van der Waals surface area contributed by atoms with E-state index in [9.17, 15) is 4.79 Å². The predicted octanol–water partition coefficient (Wildman–Crippen LogP) is 0.778. The van der Waals surface area contributed by atoms with Gasteiger partial charge in [0.1, 0.15) is 5.70 Å². The quantitative estimate of drug-likeness (QED) is 0.620. The molecular weight excluding hydrogens is 238 g/mol. The van der Waals surface area contributed by atoms with Crippen LogP contribution in [0.25, 0.3) is 6.08 Å². The number of hydrogen-bond donors (Lipinski definition) is 1. The Kier molecular flexibility index (Phi) is 3.06. The first kappa shape index (κ1) is 11.5. The fourth-order valence-electron chi connectivity index (χ4n) is 1.40. The third kappa shape index (κ3) is 2.26. The van der Waals surface area contributed by atoms with E-state index in [1.165, 1.54) is 4.90 Å². The van der Waals surface area contributed by atoms with Gasteiger partial charge < -0.3 is 10.1 Å². The standard InChI is InChI=1S/C11H11N3O2S/c1-14-10(15)8(13-11(14)17)6-7-4-3-5-9(12-7)16-2/h3-6H,1-2H3,(H,13,17)/b8-6-. The Morgan fingerprint density at radius 1 is 1.53 bits per heavy atom. The zero-order chi connectivity index (χ0) is 12.4. The summed E-state index contributed by atoms with van der Waals surface area (Å²) in [4.78, 5) is 17.3. The molecule has 2 heterocycles. The molecule has 0 atom stereocenters. The third-order valence-corrected chi connectivity index (χ3v) is 2.70. The first-order chi connectivity index (χ1) is 8.11. The molecule has 1 aliphatic rings. The van der Waals surface area contributed by atoms with Crippen LogP contribution in [0.1, 0.15) is 5.69 Å². The minimum atomic E-state index is -0.167. The van der Waals surface area contributed by atoms with Crippen molar-refractivity contribution in [3.63, 3.8) is 0 Å². The van der Waals surface area contributed by atoms with Crippen LogP contribution in [0.15, 0.2) is 23.9 Å². The summed E-state index contributed by atoms with van der Waals surface area (Å²) < 4.78 is 5.01. The van der Waals surface area contributed by atoms with Crippen LogP contribution in [0.4, 0.5) is 0 Å². The van der Waals surface area contributed by atoms with Crippen molar-refractivity contribution in [2.75, 3.05) is 14.2 Å². The van der Waals surface area contributed by atoms with Crippen molar-refractivity contribution in [1.29, 1.82) is 0 Å². The van der Waals surface area contributed by atoms with Gasteiger partial charge in [0.05, 0.1) is 12.8 Å². The maximum atomic E-state index is 11.7. The van der Waals surface area contributed by atoms with E-state index in [0.717, 1.165) is 0 Å². The van der Waals surface area contributed by atoms with Crippen molar-refractivity contribution in [2.24, 2.45) is 0 Å². The number of carbonyl (C=O) groups is 1. The van der Waals surface area contributed by atoms with Gasteiger partial charge in [-0.3, -0.25) is 9.69 Å². The van der Waals surface area contributed by atoms with Crippen LogP contribution in [-0.2, 0) is 4.79 Å². The number of nitrogens with one attached hydrogen (secondary N) is 1. The summed E-state index contributed by atoms with van der Waals surface area (Å²) in [6.45, 7) is 0. The Morgan fingerprint density at radius 2 is 2.29 bits per heavy atom. The van der Waals surface area contributed by atoms with Gasteiger partial charge in [-0.15, -0.1) is 0 Å². The molecule has 1 amide bonds. The number of amides is 1. The van der Waals surface area contributed by atoms with Crippen LogP contribution in [0.2, 0.25) is 0 Å². The SMILES string of the molecule is COc1cccc(/C=C2\NC(=S)N(C)C2=O)n1. The first-order valence-corrected chi connectivity index (χ1v) is 5.34. The molecule has 0 spiro atoms. The minimum absolute atomic E-state index is 0.167. The van der Waals surface area contributed by atoms with E-state index in [1.54, 1.807) is 38.4 Å². The lowest BCUT2D eigenvalue weighted by Gasteiger charge is -2.02. The molecule has 1 N–H and O–H groups in total. The first-order valence-electron chi connectivity index (χ1n) is 4.93. The van der Waals surface area contributed by atoms with E-state index in [4.69, 9.17) is 17.0 Å². The van der Waals surface area contributed by atoms with E-state index in [0.29, 0.717) is 22.4 Å². The van der Waals surface area contributed by atoms with Crippen molar-refractivity contribution >= 4 is 29.3 Å². The van der Waals surface area contributed by atoms with Gasteiger partial charge in [-0.05, 0) is 24.4 Å². The average molecular weight is 249 g/mol. The molecule has 1 fully saturated rings. The number of thiocarbonyl (C=S) groups is 1. The maximum Gasteiger partial charge on any atom is 0.276 e. The number of hydrogen-bond acceptors (Lipinski definition) is 4. The van der Waals surface area contributed by atoms with Crippen LogP contribution < -0.4 is 10.1 Å². The largest absolute Gasteiger partial charge is 0.481 e. The number of pyridine rings is 1. The fraction of sp³-hybridized carbons (Fsp3) is 0.182. The second kappa shape index (κ2) is 4.50. The molecule has 1 aromatic rings. The second-order valence-corrected chi connectivity index (χ2v) is 3.84. The van der Waals surface area contributed by atoms with Gasteiger partial charge in [-0.1, -0.05) is 6.07 Å². The van der Waals surface area contributed by atoms with Crippen molar-refractivity contribution in [3.05, 3.63) is 29.6 Å². The van der Waals surface area contributed by atoms with Crippen molar-refractivity contribution in [1.82, 2.24) is 15.2 Å². The Hall–Kier alpha value is -1.95. The molecule has 0 saturated carbocycles. The summed E-state index contributed by atoms with van der Waals surface area (Å²) in [6.07, 6.45) is 1.64. The molecule has 0 radical (unpaired) electrons. The lowest BCUT2D eigenvalue weighted by atomic mass is 10.3. The normalized spacial score (nSPS) is 17.5. The van der Waals surface area contributed by atoms with Gasteiger partial charge in [0.25, 0.3) is 5.91 Å². The van der Waals surface area contributed by atoms with Gasteiger partial charge in [0, 0.05) is 13.1 Å². The van der Waals surface area contributed by atoms with E-state index in [2.05, 4.69) is 10.3 Å². The van der Waals surface area contributed by atoms with Crippen molar-refractivity contribution < 1.29 is 9.53 Å². The van der Waals surface area contributed by atoms with Crippen molar-refractivity contribution in [3.8, 4) is 5.88 Å². The molecule has 1 saturated heterocycles. The Balaban J connectivity index is 2.30. The fourth-order valence-corrected chi connectivity index (χ4v) is 1.59. The lowest BCUT2D eigenvalue weighted by Crippen LogP contribution is -2.25. The molecule has 0 aromatic carbocycles. The monoisotopic (exact) mass is 249 g/mol. The van der Waals surface area contributed by atoms with Crippen LogP contribution in [-0.4, -0.2) is 35.1 Å². The van der Waals surface area contributed by atoms with E-state index >= 15 is 0 Å². The molecule has 1 aliphatic heterocycles. The number of nitrogens with zero attached hydrogens (tertiary/aromatic N) is 2. The topological polar surface area (TPSA) is 54.5 Å². The van der Waals surface area contributed by atoms with Crippen molar-refractivity contribution in [2.45, 2.75) is 0 Å². The predicted molar refractivity (Wildman–Crippen MR) is 67.3 cm³/mol. The Labute approximate surface area is 104 Å². The molecule has 5 nitrogen and oxygen atoms in total. The molecule has 0 aliphatic carbocycles. The van der Waals surface area contributed by atoms with Gasteiger partial charge in [-0.2, -0.15) is 0 Å². The number of likely N-dealkylation sites (N-methyl/N-ethyl adjacent to an activating group) is 1. The molecule has 1 aromatic heterocycles. The summed E-state index contributed by atoms with van der Waals surface area (Å²) in [7, 11) is 3.17. The highest BCUT2D eigenvalue weighted by Crippen LogP contribution is 2.13. The smallest absolute Gasteiger partial charge is 0.276 e. The number of methoxy groups -OCH3 is 1. The number of aromatic nitrogens is 1. The van der Waals surface area contributed by atoms with Crippen LogP contribution in [0, 0.1) is 0 Å². The third-order valence-electron chi connectivity index (χ3n) is 2.33. The summed E-state index contributed by atoms with van der Waals surface area (Å²) >= 11 is 4.97. The van der Waals surface area contributed by atoms with Crippen LogP contribution in [0.5, 0.6) is 5.88 Å². The van der Waals surface area contributed by atoms with Gasteiger partial charge in [0.2, 0.25) is 5.88 Å². The highest BCUT2D eigenvalue weighted by atomic mass is 32.1. The highest BCUT2D eigenvalue weighted by Gasteiger charge is 2.26. The molecule has 17 heavy (non-hydrogen) atoms. The van der Waals surface area contributed by atoms with E-state index in [1.807, 2.05) is 0 Å². The summed E-state index contributed by atoms with van der Waals surface area (Å²) in [5.74, 6) is 0.334. The molecule has 6 heteroatoms. The number of carbonyl (C=O) groups excluding carboxylic acids is 1. The second-order valence-electron chi connectivity index (χ2n) is 3.46. The summed E-state index contributed by atoms with van der Waals surface area (Å²) in [5.41, 5.74) is 1.05. The average Bonchev–Trinajstić information content (AvgIpc) is 2.57. The Morgan fingerprint density at radius 3 is 2.88 bits per heavy atom. The molecule has 0 bridgehead atoms. The van der Waals surface area contributed by atoms with E-state index in [-0.39, 0.29) is 5.91 Å². The maximum absolute atomic E-state index is 11.7. The highest BCUT2D eigenvalue weighted by molar-refractivity contribution is 7.80. The molecule has 2 rings (SSSR count). The van der Waals surface area contributed by atoms with Gasteiger partial charge in [-0.25, -0.2) is 4.98 Å². The van der Waals surface area contributed by atoms with E-state index < -0.39 is 0 Å². The lowest BCUT2D eigenvalue weighted by molar-refractivity contribution is -0.121. The molecule has 88 valence electrons. The van der Waals surface area contributed by atoms with Gasteiger partial charge >= 0.3 is 0 Å². The molecule has 0 unspecified atom stereocenters. The van der Waals surface area contributed by atoms with Gasteiger partial charge in [0.15, 0.2) is 5.11 Å².